The lowest BCUT2D eigenvalue weighted by molar-refractivity contribution is 0.569. The maximum Gasteiger partial charge on any atom is 0.0931 e. The number of rotatable bonds is 4. The lowest BCUT2D eigenvalue weighted by Gasteiger charge is -2.10. The molecule has 0 amide bonds. The molecule has 0 radical (unpaired) electrons. The first-order valence-corrected chi connectivity index (χ1v) is 6.32. The van der Waals surface area contributed by atoms with Gasteiger partial charge in [0.05, 0.1) is 10.0 Å². The summed E-state index contributed by atoms with van der Waals surface area (Å²) >= 11 is 7.51. The smallest absolute Gasteiger partial charge is 0.0931 e. The zero-order valence-corrected chi connectivity index (χ0v) is 10.8. The largest absolute Gasteiger partial charge is 0.304 e. The fraction of sp³-hybridized carbons (Fsp3) is 0.364. The second kappa shape index (κ2) is 4.99. The molecule has 16 heavy (non-hydrogen) atoms. The van der Waals surface area contributed by atoms with Crippen molar-refractivity contribution in [3.63, 3.8) is 0 Å². The van der Waals surface area contributed by atoms with Gasteiger partial charge in [-0.15, -0.1) is 11.3 Å². The maximum absolute atomic E-state index is 5.90. The van der Waals surface area contributed by atoms with Gasteiger partial charge in [-0.25, -0.2) is 0 Å². The Morgan fingerprint density at radius 3 is 2.88 bits per heavy atom. The molecule has 0 saturated heterocycles. The van der Waals surface area contributed by atoms with Crippen LogP contribution in [0.25, 0.3) is 0 Å². The summed E-state index contributed by atoms with van der Waals surface area (Å²) in [4.78, 5) is 1.25. The molecule has 0 fully saturated rings. The molecule has 5 heteroatoms. The molecule has 2 heterocycles. The van der Waals surface area contributed by atoms with Gasteiger partial charge in [0.2, 0.25) is 0 Å². The van der Waals surface area contributed by atoms with Crippen LogP contribution in [0.2, 0.25) is 4.34 Å². The molecule has 0 bridgehead atoms. The van der Waals surface area contributed by atoms with Crippen LogP contribution in [0, 0.1) is 0 Å². The van der Waals surface area contributed by atoms with Crippen molar-refractivity contribution in [2.24, 2.45) is 7.05 Å². The average molecular weight is 256 g/mol. The minimum absolute atomic E-state index is 0.305. The van der Waals surface area contributed by atoms with Crippen LogP contribution in [0.15, 0.2) is 24.4 Å². The number of nitrogens with zero attached hydrogens (tertiary/aromatic N) is 2. The molecule has 0 aliphatic carbocycles. The minimum atomic E-state index is 0.305. The van der Waals surface area contributed by atoms with Crippen molar-refractivity contribution < 1.29 is 0 Å². The summed E-state index contributed by atoms with van der Waals surface area (Å²) in [5, 5.41) is 7.73. The summed E-state index contributed by atoms with van der Waals surface area (Å²) in [6.45, 7) is 2.91. The van der Waals surface area contributed by atoms with Gasteiger partial charge in [-0.3, -0.25) is 4.68 Å². The van der Waals surface area contributed by atoms with Gasteiger partial charge in [-0.2, -0.15) is 5.10 Å². The van der Waals surface area contributed by atoms with Gasteiger partial charge in [0.25, 0.3) is 0 Å². The Kier molecular flexibility index (Phi) is 3.63. The molecular formula is C11H14ClN3S. The Morgan fingerprint density at radius 1 is 1.50 bits per heavy atom. The third-order valence-corrected chi connectivity index (χ3v) is 3.79. The number of thiophene rings is 1. The Bertz CT molecular complexity index is 463. The molecule has 0 aliphatic heterocycles. The molecule has 1 atom stereocenters. The Morgan fingerprint density at radius 2 is 2.31 bits per heavy atom. The summed E-state index contributed by atoms with van der Waals surface area (Å²) in [6, 6.07) is 6.31. The molecule has 1 N–H and O–H groups in total. The second-order valence-electron chi connectivity index (χ2n) is 3.73. The molecule has 0 spiro atoms. The summed E-state index contributed by atoms with van der Waals surface area (Å²) in [6.07, 6.45) is 1.95. The fourth-order valence-electron chi connectivity index (χ4n) is 1.48. The number of hydrogen-bond acceptors (Lipinski definition) is 3. The van der Waals surface area contributed by atoms with Crippen molar-refractivity contribution in [2.75, 3.05) is 0 Å². The summed E-state index contributed by atoms with van der Waals surface area (Å²) in [5.41, 5.74) is 1.05. The number of hydrogen-bond donors (Lipinski definition) is 1. The van der Waals surface area contributed by atoms with Crippen LogP contribution in [0.1, 0.15) is 23.5 Å². The monoisotopic (exact) mass is 255 g/mol. The van der Waals surface area contributed by atoms with Crippen LogP contribution in [0.4, 0.5) is 0 Å². The first kappa shape index (κ1) is 11.6. The third kappa shape index (κ3) is 2.84. The minimum Gasteiger partial charge on any atom is -0.304 e. The highest BCUT2D eigenvalue weighted by atomic mass is 35.5. The van der Waals surface area contributed by atoms with Gasteiger partial charge < -0.3 is 5.32 Å². The molecule has 0 aliphatic rings. The van der Waals surface area contributed by atoms with E-state index in [4.69, 9.17) is 11.6 Å². The standard InChI is InChI=1S/C11H14ClN3S/c1-8(10-3-4-11(12)16-10)13-7-9-5-6-15(2)14-9/h3-6,8,13H,7H2,1-2H3. The highest BCUT2D eigenvalue weighted by Crippen LogP contribution is 2.26. The van der Waals surface area contributed by atoms with E-state index in [0.717, 1.165) is 16.6 Å². The Labute approximate surface area is 104 Å². The van der Waals surface area contributed by atoms with Crippen LogP contribution < -0.4 is 5.32 Å². The number of halogens is 1. The van der Waals surface area contributed by atoms with Crippen LogP contribution >= 0.6 is 22.9 Å². The van der Waals surface area contributed by atoms with Crippen LogP contribution in [0.3, 0.4) is 0 Å². The van der Waals surface area contributed by atoms with Crippen LogP contribution in [0.5, 0.6) is 0 Å². The molecule has 3 nitrogen and oxygen atoms in total. The molecule has 2 rings (SSSR count). The van der Waals surface area contributed by atoms with Crippen molar-refractivity contribution in [2.45, 2.75) is 19.5 Å². The summed E-state index contributed by atoms with van der Waals surface area (Å²) in [5.74, 6) is 0. The number of aromatic nitrogens is 2. The molecular weight excluding hydrogens is 242 g/mol. The van der Waals surface area contributed by atoms with E-state index in [2.05, 4.69) is 23.4 Å². The van der Waals surface area contributed by atoms with Crippen molar-refractivity contribution >= 4 is 22.9 Å². The fourth-order valence-corrected chi connectivity index (χ4v) is 2.56. The second-order valence-corrected chi connectivity index (χ2v) is 5.47. The number of aryl methyl sites for hydroxylation is 1. The van der Waals surface area contributed by atoms with Crippen molar-refractivity contribution in [1.29, 1.82) is 0 Å². The van der Waals surface area contributed by atoms with Gasteiger partial charge in [-0.05, 0) is 25.1 Å². The lowest BCUT2D eigenvalue weighted by Crippen LogP contribution is -2.17. The van der Waals surface area contributed by atoms with Crippen molar-refractivity contribution in [3.8, 4) is 0 Å². The predicted octanol–water partition coefficient (Wildman–Crippen LogP) is 2.99. The molecule has 0 saturated carbocycles. The highest BCUT2D eigenvalue weighted by molar-refractivity contribution is 7.16. The van der Waals surface area contributed by atoms with E-state index in [1.54, 1.807) is 11.3 Å². The van der Waals surface area contributed by atoms with E-state index >= 15 is 0 Å². The topological polar surface area (TPSA) is 29.9 Å². The van der Waals surface area contributed by atoms with Gasteiger partial charge in [0.1, 0.15) is 0 Å². The van der Waals surface area contributed by atoms with Crippen LogP contribution in [-0.2, 0) is 13.6 Å². The normalized spacial score (nSPS) is 12.9. The molecule has 1 unspecified atom stereocenters. The van der Waals surface area contributed by atoms with Gasteiger partial charge in [0.15, 0.2) is 0 Å². The number of nitrogens with one attached hydrogen (secondary N) is 1. The molecule has 0 aromatic carbocycles. The highest BCUT2D eigenvalue weighted by Gasteiger charge is 2.08. The SMILES string of the molecule is CC(NCc1ccn(C)n1)c1ccc(Cl)s1. The zero-order chi connectivity index (χ0) is 11.5. The van der Waals surface area contributed by atoms with E-state index in [0.29, 0.717) is 6.04 Å². The molecule has 2 aromatic rings. The van der Waals surface area contributed by atoms with Gasteiger partial charge in [0, 0.05) is 30.7 Å². The lowest BCUT2D eigenvalue weighted by atomic mass is 10.2. The van der Waals surface area contributed by atoms with E-state index in [1.165, 1.54) is 4.88 Å². The maximum atomic E-state index is 5.90. The Balaban J connectivity index is 1.91. The van der Waals surface area contributed by atoms with E-state index < -0.39 is 0 Å². The summed E-state index contributed by atoms with van der Waals surface area (Å²) in [7, 11) is 1.92. The van der Waals surface area contributed by atoms with E-state index in [-0.39, 0.29) is 0 Å². The first-order chi connectivity index (χ1) is 7.65. The zero-order valence-electron chi connectivity index (χ0n) is 9.27. The van der Waals surface area contributed by atoms with E-state index in [1.807, 2.05) is 30.1 Å². The first-order valence-electron chi connectivity index (χ1n) is 5.12. The summed E-state index contributed by atoms with van der Waals surface area (Å²) < 4.78 is 2.64. The van der Waals surface area contributed by atoms with Gasteiger partial charge in [-0.1, -0.05) is 11.6 Å². The predicted molar refractivity (Wildman–Crippen MR) is 67.8 cm³/mol. The van der Waals surface area contributed by atoms with Crippen molar-refractivity contribution in [1.82, 2.24) is 15.1 Å². The van der Waals surface area contributed by atoms with Crippen LogP contribution in [-0.4, -0.2) is 9.78 Å². The third-order valence-electron chi connectivity index (χ3n) is 2.38. The molecule has 86 valence electrons. The van der Waals surface area contributed by atoms with E-state index in [9.17, 15) is 0 Å². The molecule has 2 aromatic heterocycles. The van der Waals surface area contributed by atoms with Crippen molar-refractivity contribution in [3.05, 3.63) is 39.3 Å². The van der Waals surface area contributed by atoms with Gasteiger partial charge >= 0.3 is 0 Å². The Hall–Kier alpha value is -0.840. The average Bonchev–Trinajstić information content (AvgIpc) is 2.84. The quantitative estimate of drug-likeness (QED) is 0.910.